The minimum atomic E-state index is -4.72. The monoisotopic (exact) mass is 346 g/mol. The van der Waals surface area contributed by atoms with Gasteiger partial charge in [-0.05, 0) is 29.8 Å². The van der Waals surface area contributed by atoms with Crippen LogP contribution in [0.5, 0.6) is 0 Å². The first kappa shape index (κ1) is 16.1. The summed E-state index contributed by atoms with van der Waals surface area (Å²) >= 11 is 0. The fraction of sp³-hybridized carbons (Fsp3) is 0.143. The van der Waals surface area contributed by atoms with Crippen LogP contribution in [0.15, 0.2) is 36.4 Å². The highest BCUT2D eigenvalue weighted by Crippen LogP contribution is 2.35. The van der Waals surface area contributed by atoms with Crippen LogP contribution in [0.2, 0.25) is 0 Å². The van der Waals surface area contributed by atoms with Gasteiger partial charge in [-0.1, -0.05) is 12.1 Å². The highest BCUT2D eigenvalue weighted by Gasteiger charge is 2.35. The molecule has 0 unspecified atom stereocenters. The Kier molecular flexibility index (Phi) is 3.43. The normalized spacial score (nSPS) is 12.8. The van der Waals surface area contributed by atoms with E-state index in [9.17, 15) is 26.3 Å². The second kappa shape index (κ2) is 5.11. The van der Waals surface area contributed by atoms with E-state index in [1.54, 1.807) is 0 Å². The summed E-state index contributed by atoms with van der Waals surface area (Å²) < 4.78 is 77.9. The lowest BCUT2D eigenvalue weighted by Gasteiger charge is -2.12. The van der Waals surface area contributed by atoms with Gasteiger partial charge in [-0.3, -0.25) is 0 Å². The van der Waals surface area contributed by atoms with E-state index >= 15 is 0 Å². The highest BCUT2D eigenvalue weighted by atomic mass is 19.4. The molecule has 0 atom stereocenters. The van der Waals surface area contributed by atoms with Crippen LogP contribution in [-0.4, -0.2) is 14.6 Å². The standard InChI is InChI=1S/C14H8F6N4/c15-13(16,17)8-3-1-2-7(6-8)9-4-5-10(14(18,19)20)24-11(9)22-12(21)23-24/h1-6H,(H2,21,23). The number of nitrogen functional groups attached to an aromatic ring is 1. The molecule has 2 heterocycles. The Labute approximate surface area is 130 Å². The molecule has 0 amide bonds. The molecule has 3 aromatic rings. The summed E-state index contributed by atoms with van der Waals surface area (Å²) in [6.07, 6.45) is -9.30. The highest BCUT2D eigenvalue weighted by molar-refractivity contribution is 5.78. The van der Waals surface area contributed by atoms with E-state index in [0.717, 1.165) is 30.3 Å². The van der Waals surface area contributed by atoms with Gasteiger partial charge in [0, 0.05) is 5.56 Å². The second-order valence-electron chi connectivity index (χ2n) is 4.91. The summed E-state index contributed by atoms with van der Waals surface area (Å²) in [4.78, 5) is 3.70. The molecule has 126 valence electrons. The van der Waals surface area contributed by atoms with E-state index in [4.69, 9.17) is 5.73 Å². The summed E-state index contributed by atoms with van der Waals surface area (Å²) in [6.45, 7) is 0. The molecule has 0 fully saturated rings. The molecule has 0 saturated carbocycles. The number of aromatic nitrogens is 3. The second-order valence-corrected chi connectivity index (χ2v) is 4.91. The van der Waals surface area contributed by atoms with E-state index in [2.05, 4.69) is 10.1 Å². The van der Waals surface area contributed by atoms with E-state index in [1.165, 1.54) is 6.07 Å². The molecule has 0 saturated heterocycles. The van der Waals surface area contributed by atoms with E-state index in [1.807, 2.05) is 0 Å². The summed E-state index contributed by atoms with van der Waals surface area (Å²) in [5, 5.41) is 3.48. The van der Waals surface area contributed by atoms with Crippen molar-refractivity contribution in [3.63, 3.8) is 0 Å². The molecule has 2 N–H and O–H groups in total. The lowest BCUT2D eigenvalue weighted by Crippen LogP contribution is -2.13. The Hall–Kier alpha value is -2.78. The van der Waals surface area contributed by atoms with Crippen LogP contribution in [0.1, 0.15) is 11.3 Å². The van der Waals surface area contributed by atoms with E-state index in [0.29, 0.717) is 4.52 Å². The zero-order chi connectivity index (χ0) is 17.7. The fourth-order valence-corrected chi connectivity index (χ4v) is 2.28. The Morgan fingerprint density at radius 3 is 2.25 bits per heavy atom. The number of anilines is 1. The molecule has 0 bridgehead atoms. The zero-order valence-electron chi connectivity index (χ0n) is 11.7. The van der Waals surface area contributed by atoms with Crippen molar-refractivity contribution >= 4 is 11.6 Å². The number of halogens is 6. The van der Waals surface area contributed by atoms with Crippen LogP contribution in [0.25, 0.3) is 16.8 Å². The molecule has 0 aliphatic rings. The maximum absolute atomic E-state index is 13.0. The van der Waals surface area contributed by atoms with Gasteiger partial charge in [0.05, 0.1) is 5.56 Å². The molecule has 24 heavy (non-hydrogen) atoms. The Morgan fingerprint density at radius 1 is 0.917 bits per heavy atom. The Balaban J connectivity index is 2.26. The maximum Gasteiger partial charge on any atom is 0.433 e. The molecule has 10 heteroatoms. The number of alkyl halides is 6. The zero-order valence-corrected chi connectivity index (χ0v) is 11.7. The Morgan fingerprint density at radius 2 is 1.62 bits per heavy atom. The third-order valence-corrected chi connectivity index (χ3v) is 3.29. The molecule has 0 spiro atoms. The number of hydrogen-bond donors (Lipinski definition) is 1. The van der Waals surface area contributed by atoms with Gasteiger partial charge in [0.25, 0.3) is 0 Å². The maximum atomic E-state index is 13.0. The topological polar surface area (TPSA) is 56.2 Å². The largest absolute Gasteiger partial charge is 0.433 e. The van der Waals surface area contributed by atoms with Crippen LogP contribution in [0, 0.1) is 0 Å². The minimum Gasteiger partial charge on any atom is -0.366 e. The van der Waals surface area contributed by atoms with Gasteiger partial charge in [0.15, 0.2) is 5.65 Å². The number of nitrogens with two attached hydrogens (primary N) is 1. The third-order valence-electron chi connectivity index (χ3n) is 3.29. The predicted molar refractivity (Wildman–Crippen MR) is 72.8 cm³/mol. The van der Waals surface area contributed by atoms with Crippen LogP contribution >= 0.6 is 0 Å². The van der Waals surface area contributed by atoms with Crippen molar-refractivity contribution in [1.82, 2.24) is 14.6 Å². The molecule has 4 nitrogen and oxygen atoms in total. The predicted octanol–water partition coefficient (Wildman–Crippen LogP) is 4.02. The van der Waals surface area contributed by atoms with Crippen molar-refractivity contribution in [2.75, 3.05) is 5.73 Å². The molecule has 0 aliphatic carbocycles. The summed E-state index contributed by atoms with van der Waals surface area (Å²) in [6, 6.07) is 5.95. The summed E-state index contributed by atoms with van der Waals surface area (Å²) in [5.74, 6) is -0.417. The van der Waals surface area contributed by atoms with Gasteiger partial charge < -0.3 is 5.73 Å². The lowest BCUT2D eigenvalue weighted by molar-refractivity contribution is -0.142. The van der Waals surface area contributed by atoms with E-state index in [-0.39, 0.29) is 16.8 Å². The fourth-order valence-electron chi connectivity index (χ4n) is 2.28. The average Bonchev–Trinajstić information content (AvgIpc) is 2.85. The number of rotatable bonds is 1. The number of benzene rings is 1. The molecular formula is C14H8F6N4. The molecular weight excluding hydrogens is 338 g/mol. The minimum absolute atomic E-state index is 0.0518. The van der Waals surface area contributed by atoms with Gasteiger partial charge in [-0.25, -0.2) is 4.52 Å². The van der Waals surface area contributed by atoms with Crippen molar-refractivity contribution in [2.45, 2.75) is 12.4 Å². The van der Waals surface area contributed by atoms with Crippen LogP contribution < -0.4 is 5.73 Å². The van der Waals surface area contributed by atoms with Crippen LogP contribution in [0.4, 0.5) is 32.3 Å². The van der Waals surface area contributed by atoms with Gasteiger partial charge in [0.1, 0.15) is 5.69 Å². The molecule has 3 rings (SSSR count). The van der Waals surface area contributed by atoms with Crippen LogP contribution in [-0.2, 0) is 12.4 Å². The van der Waals surface area contributed by atoms with Crippen molar-refractivity contribution in [1.29, 1.82) is 0 Å². The van der Waals surface area contributed by atoms with Crippen molar-refractivity contribution < 1.29 is 26.3 Å². The number of hydrogen-bond acceptors (Lipinski definition) is 3. The Bertz CT molecular complexity index is 910. The number of nitrogens with zero attached hydrogens (tertiary/aromatic N) is 3. The quantitative estimate of drug-likeness (QED) is 0.677. The molecule has 0 radical (unpaired) electrons. The van der Waals surface area contributed by atoms with Gasteiger partial charge in [0.2, 0.25) is 5.95 Å². The van der Waals surface area contributed by atoms with Gasteiger partial charge in [-0.2, -0.15) is 31.3 Å². The first-order valence-corrected chi connectivity index (χ1v) is 6.47. The smallest absolute Gasteiger partial charge is 0.366 e. The number of fused-ring (bicyclic) bond motifs is 1. The third kappa shape index (κ3) is 2.74. The molecule has 2 aromatic heterocycles. The van der Waals surface area contributed by atoms with Gasteiger partial charge in [-0.15, -0.1) is 5.10 Å². The van der Waals surface area contributed by atoms with Gasteiger partial charge >= 0.3 is 12.4 Å². The average molecular weight is 346 g/mol. The molecule has 0 aliphatic heterocycles. The van der Waals surface area contributed by atoms with E-state index < -0.39 is 29.6 Å². The summed E-state index contributed by atoms with van der Waals surface area (Å²) in [7, 11) is 0. The SMILES string of the molecule is Nc1nc2c(-c3cccc(C(F)(F)F)c3)ccc(C(F)(F)F)n2n1. The van der Waals surface area contributed by atoms with Crippen molar-refractivity contribution in [3.05, 3.63) is 47.7 Å². The van der Waals surface area contributed by atoms with Crippen molar-refractivity contribution in [3.8, 4) is 11.1 Å². The lowest BCUT2D eigenvalue weighted by atomic mass is 10.0. The number of pyridine rings is 1. The molecule has 1 aromatic carbocycles. The first-order chi connectivity index (χ1) is 11.1. The van der Waals surface area contributed by atoms with Crippen molar-refractivity contribution in [2.24, 2.45) is 0 Å². The first-order valence-electron chi connectivity index (χ1n) is 6.47. The van der Waals surface area contributed by atoms with Crippen LogP contribution in [0.3, 0.4) is 0 Å². The summed E-state index contributed by atoms with van der Waals surface area (Å²) in [5.41, 5.74) is 3.14.